The number of hydrogen-bond donors (Lipinski definition) is 0. The first kappa shape index (κ1) is 16.1. The van der Waals surface area contributed by atoms with E-state index in [0.717, 1.165) is 0 Å². The van der Waals surface area contributed by atoms with Gasteiger partial charge in [0.15, 0.2) is 6.17 Å². The molecular formula is C12H17N3O3. The summed E-state index contributed by atoms with van der Waals surface area (Å²) in [4.78, 5) is 40.9. The van der Waals surface area contributed by atoms with Crippen LogP contribution in [-0.2, 0) is 14.4 Å². The lowest BCUT2D eigenvalue weighted by atomic mass is 9.80. The maximum Gasteiger partial charge on any atom is 0.237 e. The van der Waals surface area contributed by atoms with Crippen LogP contribution in [0, 0.1) is 11.3 Å². The SMILES string of the molecule is CC(CC(C)(C)CCN=C=O)C(N=C=O)N=C=O. The predicted molar refractivity (Wildman–Crippen MR) is 65.2 cm³/mol. The van der Waals surface area contributed by atoms with Crippen LogP contribution in [0.2, 0.25) is 0 Å². The van der Waals surface area contributed by atoms with Crippen molar-refractivity contribution in [1.82, 2.24) is 0 Å². The van der Waals surface area contributed by atoms with Crippen molar-refractivity contribution in [3.05, 3.63) is 0 Å². The number of hydrogen-bond acceptors (Lipinski definition) is 6. The van der Waals surface area contributed by atoms with E-state index in [0.29, 0.717) is 19.4 Å². The van der Waals surface area contributed by atoms with Crippen LogP contribution in [-0.4, -0.2) is 31.0 Å². The van der Waals surface area contributed by atoms with Crippen molar-refractivity contribution in [3.8, 4) is 0 Å². The summed E-state index contributed by atoms with van der Waals surface area (Å²) in [5.74, 6) is -0.0943. The zero-order valence-corrected chi connectivity index (χ0v) is 10.8. The molecule has 0 aliphatic heterocycles. The van der Waals surface area contributed by atoms with Crippen molar-refractivity contribution in [2.45, 2.75) is 39.8 Å². The predicted octanol–water partition coefficient (Wildman–Crippen LogP) is 1.76. The van der Waals surface area contributed by atoms with E-state index in [9.17, 15) is 14.4 Å². The Balaban J connectivity index is 4.58. The van der Waals surface area contributed by atoms with E-state index in [2.05, 4.69) is 15.0 Å². The first-order chi connectivity index (χ1) is 8.46. The third-order valence-corrected chi connectivity index (χ3v) is 2.72. The fourth-order valence-electron chi connectivity index (χ4n) is 1.87. The van der Waals surface area contributed by atoms with Gasteiger partial charge in [-0.05, 0) is 18.3 Å². The van der Waals surface area contributed by atoms with Gasteiger partial charge in [-0.1, -0.05) is 20.8 Å². The van der Waals surface area contributed by atoms with Crippen molar-refractivity contribution in [2.24, 2.45) is 26.3 Å². The van der Waals surface area contributed by atoms with Gasteiger partial charge >= 0.3 is 0 Å². The zero-order chi connectivity index (χ0) is 14.0. The van der Waals surface area contributed by atoms with Crippen LogP contribution in [0.4, 0.5) is 0 Å². The van der Waals surface area contributed by atoms with Gasteiger partial charge in [-0.25, -0.2) is 19.4 Å². The normalized spacial score (nSPS) is 13.5. The minimum Gasteiger partial charge on any atom is -0.211 e. The summed E-state index contributed by atoms with van der Waals surface area (Å²) in [6.07, 6.45) is 4.94. The summed E-state index contributed by atoms with van der Waals surface area (Å²) >= 11 is 0. The molecule has 0 saturated heterocycles. The van der Waals surface area contributed by atoms with Crippen LogP contribution in [0.25, 0.3) is 0 Å². The molecule has 1 atom stereocenters. The average molecular weight is 251 g/mol. The van der Waals surface area contributed by atoms with E-state index in [1.165, 1.54) is 18.2 Å². The third kappa shape index (κ3) is 6.66. The van der Waals surface area contributed by atoms with Gasteiger partial charge in [-0.15, -0.1) is 0 Å². The Labute approximate surface area is 106 Å². The molecule has 0 aliphatic rings. The largest absolute Gasteiger partial charge is 0.237 e. The molecule has 0 heterocycles. The molecule has 98 valence electrons. The Kier molecular flexibility index (Phi) is 7.41. The molecule has 0 bridgehead atoms. The van der Waals surface area contributed by atoms with Gasteiger partial charge in [0.2, 0.25) is 18.2 Å². The summed E-state index contributed by atoms with van der Waals surface area (Å²) in [7, 11) is 0. The second-order valence-corrected chi connectivity index (χ2v) is 4.92. The maximum absolute atomic E-state index is 10.2. The maximum atomic E-state index is 10.2. The van der Waals surface area contributed by atoms with Crippen LogP contribution < -0.4 is 0 Å². The topological polar surface area (TPSA) is 88.3 Å². The van der Waals surface area contributed by atoms with Crippen molar-refractivity contribution < 1.29 is 14.4 Å². The van der Waals surface area contributed by atoms with Crippen LogP contribution in [0.5, 0.6) is 0 Å². The molecule has 0 fully saturated rings. The lowest BCUT2D eigenvalue weighted by Crippen LogP contribution is -2.23. The molecule has 0 aliphatic carbocycles. The van der Waals surface area contributed by atoms with Gasteiger partial charge in [0.05, 0.1) is 6.54 Å². The number of aliphatic imine (C=N–C) groups is 3. The Bertz CT molecular complexity index is 383. The lowest BCUT2D eigenvalue weighted by Gasteiger charge is -2.28. The quantitative estimate of drug-likeness (QED) is 0.486. The minimum atomic E-state index is -0.742. The third-order valence-electron chi connectivity index (χ3n) is 2.72. The van der Waals surface area contributed by atoms with Gasteiger partial charge in [-0.2, -0.15) is 9.98 Å². The van der Waals surface area contributed by atoms with Crippen LogP contribution in [0.3, 0.4) is 0 Å². The van der Waals surface area contributed by atoms with E-state index in [4.69, 9.17) is 0 Å². The second kappa shape index (κ2) is 8.26. The summed E-state index contributed by atoms with van der Waals surface area (Å²) in [5, 5.41) is 0. The van der Waals surface area contributed by atoms with Gasteiger partial charge < -0.3 is 0 Å². The smallest absolute Gasteiger partial charge is 0.211 e. The van der Waals surface area contributed by atoms with Crippen LogP contribution >= 0.6 is 0 Å². The molecule has 0 aromatic heterocycles. The number of isocyanates is 3. The van der Waals surface area contributed by atoms with E-state index in [1.54, 1.807) is 0 Å². The van der Waals surface area contributed by atoms with Gasteiger partial charge in [0.1, 0.15) is 0 Å². The number of nitrogens with zero attached hydrogens (tertiary/aromatic N) is 3. The van der Waals surface area contributed by atoms with Crippen molar-refractivity contribution in [3.63, 3.8) is 0 Å². The summed E-state index contributed by atoms with van der Waals surface area (Å²) in [6.45, 7) is 6.27. The van der Waals surface area contributed by atoms with Crippen molar-refractivity contribution in [1.29, 1.82) is 0 Å². The fourth-order valence-corrected chi connectivity index (χ4v) is 1.87. The summed E-state index contributed by atoms with van der Waals surface area (Å²) in [6, 6.07) is 0. The summed E-state index contributed by atoms with van der Waals surface area (Å²) in [5.41, 5.74) is -0.102. The fraction of sp³-hybridized carbons (Fsp3) is 0.750. The van der Waals surface area contributed by atoms with Crippen LogP contribution in [0.15, 0.2) is 15.0 Å². The highest BCUT2D eigenvalue weighted by molar-refractivity contribution is 5.37. The Morgan fingerprint density at radius 2 is 1.61 bits per heavy atom. The zero-order valence-electron chi connectivity index (χ0n) is 10.8. The molecule has 0 saturated carbocycles. The monoisotopic (exact) mass is 251 g/mol. The lowest BCUT2D eigenvalue weighted by molar-refractivity contribution is 0.242. The Morgan fingerprint density at radius 3 is 2.06 bits per heavy atom. The molecule has 0 amide bonds. The molecule has 0 aromatic rings. The summed E-state index contributed by atoms with van der Waals surface area (Å²) < 4.78 is 0. The first-order valence-corrected chi connectivity index (χ1v) is 5.64. The standard InChI is InChI=1S/C12H17N3O3/c1-10(11(14-8-17)15-9-18)6-12(2,3)4-5-13-7-16/h10-11H,4-6H2,1-3H3. The molecule has 0 rings (SSSR count). The molecule has 0 N–H and O–H groups in total. The molecule has 0 spiro atoms. The van der Waals surface area contributed by atoms with Gasteiger partial charge in [-0.3, -0.25) is 0 Å². The van der Waals surface area contributed by atoms with E-state index >= 15 is 0 Å². The highest BCUT2D eigenvalue weighted by Crippen LogP contribution is 2.31. The molecule has 1 unspecified atom stereocenters. The highest BCUT2D eigenvalue weighted by atomic mass is 16.1. The molecule has 6 nitrogen and oxygen atoms in total. The van der Waals surface area contributed by atoms with E-state index in [1.807, 2.05) is 20.8 Å². The van der Waals surface area contributed by atoms with E-state index < -0.39 is 6.17 Å². The average Bonchev–Trinajstić information content (AvgIpc) is 2.28. The van der Waals surface area contributed by atoms with Crippen LogP contribution in [0.1, 0.15) is 33.6 Å². The second-order valence-electron chi connectivity index (χ2n) is 4.92. The first-order valence-electron chi connectivity index (χ1n) is 5.64. The number of carbonyl (C=O) groups excluding carboxylic acids is 3. The highest BCUT2D eigenvalue weighted by Gasteiger charge is 2.25. The van der Waals surface area contributed by atoms with Crippen molar-refractivity contribution >= 4 is 18.2 Å². The molecule has 18 heavy (non-hydrogen) atoms. The Morgan fingerprint density at radius 1 is 1.06 bits per heavy atom. The minimum absolute atomic E-state index is 0.0943. The molecule has 0 aromatic carbocycles. The molecule has 0 radical (unpaired) electrons. The molecule has 6 heteroatoms. The Hall–Kier alpha value is -1.86. The van der Waals surface area contributed by atoms with E-state index in [-0.39, 0.29) is 11.3 Å². The number of rotatable bonds is 8. The van der Waals surface area contributed by atoms with Gasteiger partial charge in [0.25, 0.3) is 0 Å². The van der Waals surface area contributed by atoms with Crippen molar-refractivity contribution in [2.75, 3.05) is 6.54 Å². The van der Waals surface area contributed by atoms with Gasteiger partial charge in [0, 0.05) is 5.92 Å². The molecular weight excluding hydrogens is 234 g/mol.